The smallest absolute Gasteiger partial charge is 0.337 e. The van der Waals surface area contributed by atoms with Gasteiger partial charge in [0, 0.05) is 12.5 Å². The molecule has 1 unspecified atom stereocenters. The van der Waals surface area contributed by atoms with Gasteiger partial charge in [-0.25, -0.2) is 9.78 Å². The van der Waals surface area contributed by atoms with Crippen LogP contribution in [0.15, 0.2) is 18.2 Å². The van der Waals surface area contributed by atoms with E-state index in [1.165, 1.54) is 0 Å². The summed E-state index contributed by atoms with van der Waals surface area (Å²) in [6.07, 6.45) is 5.22. The summed E-state index contributed by atoms with van der Waals surface area (Å²) in [5.74, 6) is 0.122. The van der Waals surface area contributed by atoms with Crippen molar-refractivity contribution < 1.29 is 9.90 Å². The van der Waals surface area contributed by atoms with Crippen LogP contribution in [0.5, 0.6) is 0 Å². The maximum Gasteiger partial charge on any atom is 0.337 e. The van der Waals surface area contributed by atoms with Crippen molar-refractivity contribution in [3.63, 3.8) is 0 Å². The monoisotopic (exact) mass is 288 g/mol. The van der Waals surface area contributed by atoms with Crippen molar-refractivity contribution >= 4 is 17.0 Å². The van der Waals surface area contributed by atoms with Crippen LogP contribution in [0.2, 0.25) is 0 Å². The second kappa shape index (κ2) is 6.74. The number of benzene rings is 1. The van der Waals surface area contributed by atoms with Crippen molar-refractivity contribution in [2.24, 2.45) is 0 Å². The Hall–Kier alpha value is -1.84. The van der Waals surface area contributed by atoms with Crippen LogP contribution in [0.1, 0.15) is 68.7 Å². The van der Waals surface area contributed by atoms with Crippen LogP contribution >= 0.6 is 0 Å². The Morgan fingerprint density at radius 2 is 2.10 bits per heavy atom. The van der Waals surface area contributed by atoms with E-state index in [1.54, 1.807) is 12.1 Å². The molecule has 1 N–H and O–H groups in total. The minimum atomic E-state index is -0.882. The third kappa shape index (κ3) is 3.09. The fraction of sp³-hybridized carbons (Fsp3) is 0.529. The van der Waals surface area contributed by atoms with Gasteiger partial charge in [-0.3, -0.25) is 0 Å². The van der Waals surface area contributed by atoms with Gasteiger partial charge >= 0.3 is 5.97 Å². The van der Waals surface area contributed by atoms with E-state index in [-0.39, 0.29) is 6.04 Å². The number of carboxylic acid groups (broad SMARTS) is 1. The number of fused-ring (bicyclic) bond motifs is 1. The molecule has 0 amide bonds. The molecule has 2 aromatic rings. The summed E-state index contributed by atoms with van der Waals surface area (Å²) in [7, 11) is 0. The van der Waals surface area contributed by atoms with Crippen LogP contribution in [0.3, 0.4) is 0 Å². The molecule has 1 atom stereocenters. The SMILES string of the molecule is CCCCC(C)n1c(CCC)nc2cccc(C(=O)O)c21. The molecule has 2 rings (SSSR count). The summed E-state index contributed by atoms with van der Waals surface area (Å²) in [6, 6.07) is 5.63. The third-order valence-electron chi connectivity index (χ3n) is 3.90. The largest absolute Gasteiger partial charge is 0.478 e. The number of aromatic nitrogens is 2. The lowest BCUT2D eigenvalue weighted by Gasteiger charge is -2.18. The maximum absolute atomic E-state index is 11.5. The molecule has 1 aromatic carbocycles. The van der Waals surface area contributed by atoms with E-state index in [4.69, 9.17) is 0 Å². The molecule has 4 nitrogen and oxygen atoms in total. The van der Waals surface area contributed by atoms with Gasteiger partial charge in [-0.1, -0.05) is 32.8 Å². The molecule has 21 heavy (non-hydrogen) atoms. The van der Waals surface area contributed by atoms with E-state index in [0.717, 1.165) is 49.0 Å². The number of imidazole rings is 1. The molecular weight excluding hydrogens is 264 g/mol. The minimum Gasteiger partial charge on any atom is -0.478 e. The Morgan fingerprint density at radius 1 is 1.33 bits per heavy atom. The summed E-state index contributed by atoms with van der Waals surface area (Å²) in [5.41, 5.74) is 1.92. The second-order valence-corrected chi connectivity index (χ2v) is 5.62. The Labute approximate surface area is 125 Å². The van der Waals surface area contributed by atoms with Crippen molar-refractivity contribution in [2.45, 2.75) is 58.9 Å². The molecule has 1 heterocycles. The lowest BCUT2D eigenvalue weighted by atomic mass is 10.1. The summed E-state index contributed by atoms with van der Waals surface area (Å²) in [4.78, 5) is 16.2. The molecule has 0 aliphatic heterocycles. The van der Waals surface area contributed by atoms with Gasteiger partial charge in [0.25, 0.3) is 0 Å². The van der Waals surface area contributed by atoms with E-state index in [1.807, 2.05) is 6.07 Å². The third-order valence-corrected chi connectivity index (χ3v) is 3.90. The number of carbonyl (C=O) groups is 1. The highest BCUT2D eigenvalue weighted by Crippen LogP contribution is 2.28. The van der Waals surface area contributed by atoms with Gasteiger partial charge in [0.1, 0.15) is 5.82 Å². The van der Waals surface area contributed by atoms with Crippen molar-refractivity contribution in [1.29, 1.82) is 0 Å². The fourth-order valence-corrected chi connectivity index (χ4v) is 2.87. The number of hydrogen-bond acceptors (Lipinski definition) is 2. The van der Waals surface area contributed by atoms with Crippen molar-refractivity contribution in [3.8, 4) is 0 Å². The Balaban J connectivity index is 2.61. The van der Waals surface area contributed by atoms with Gasteiger partial charge in [-0.05, 0) is 31.9 Å². The molecule has 0 aliphatic carbocycles. The number of para-hydroxylation sites is 1. The summed E-state index contributed by atoms with van der Waals surface area (Å²) in [5, 5.41) is 9.46. The standard InChI is InChI=1S/C17H24N2O2/c1-4-6-9-12(3)19-15(8-5-2)18-14-11-7-10-13(16(14)19)17(20)21/h7,10-12H,4-6,8-9H2,1-3H3,(H,20,21). The predicted molar refractivity (Wildman–Crippen MR) is 84.9 cm³/mol. The van der Waals surface area contributed by atoms with Gasteiger partial charge in [0.2, 0.25) is 0 Å². The molecule has 0 aliphatic rings. The number of carboxylic acids is 1. The van der Waals surface area contributed by atoms with Crippen molar-refractivity contribution in [1.82, 2.24) is 9.55 Å². The van der Waals surface area contributed by atoms with Gasteiger partial charge in [0.15, 0.2) is 0 Å². The van der Waals surface area contributed by atoms with Crippen molar-refractivity contribution in [3.05, 3.63) is 29.6 Å². The van der Waals surface area contributed by atoms with E-state index in [2.05, 4.69) is 30.3 Å². The maximum atomic E-state index is 11.5. The van der Waals surface area contributed by atoms with Crippen LogP contribution in [-0.2, 0) is 6.42 Å². The first kappa shape index (κ1) is 15.5. The zero-order valence-corrected chi connectivity index (χ0v) is 13.1. The van der Waals surface area contributed by atoms with Gasteiger partial charge in [-0.15, -0.1) is 0 Å². The molecule has 0 radical (unpaired) electrons. The zero-order valence-electron chi connectivity index (χ0n) is 13.1. The molecule has 1 aromatic heterocycles. The highest BCUT2D eigenvalue weighted by molar-refractivity contribution is 6.01. The molecule has 0 saturated heterocycles. The van der Waals surface area contributed by atoms with E-state index in [0.29, 0.717) is 5.56 Å². The fourth-order valence-electron chi connectivity index (χ4n) is 2.87. The number of aryl methyl sites for hydroxylation is 1. The van der Waals surface area contributed by atoms with Crippen LogP contribution in [-0.4, -0.2) is 20.6 Å². The number of hydrogen-bond donors (Lipinski definition) is 1. The summed E-state index contributed by atoms with van der Waals surface area (Å²) < 4.78 is 2.15. The molecule has 0 spiro atoms. The van der Waals surface area contributed by atoms with E-state index < -0.39 is 5.97 Å². The molecular formula is C17H24N2O2. The average molecular weight is 288 g/mol. The Morgan fingerprint density at radius 3 is 2.71 bits per heavy atom. The van der Waals surface area contributed by atoms with E-state index in [9.17, 15) is 9.90 Å². The van der Waals surface area contributed by atoms with Gasteiger partial charge in [-0.2, -0.15) is 0 Å². The minimum absolute atomic E-state index is 0.275. The average Bonchev–Trinajstić information content (AvgIpc) is 2.82. The normalized spacial score (nSPS) is 12.7. The van der Waals surface area contributed by atoms with Crippen LogP contribution < -0.4 is 0 Å². The quantitative estimate of drug-likeness (QED) is 0.819. The first-order valence-electron chi connectivity index (χ1n) is 7.83. The summed E-state index contributed by atoms with van der Waals surface area (Å²) >= 11 is 0. The lowest BCUT2D eigenvalue weighted by molar-refractivity contribution is 0.0698. The number of aromatic carboxylic acids is 1. The predicted octanol–water partition coefficient (Wildman–Crippen LogP) is 4.44. The lowest BCUT2D eigenvalue weighted by Crippen LogP contribution is -2.11. The van der Waals surface area contributed by atoms with Crippen LogP contribution in [0.4, 0.5) is 0 Å². The number of nitrogens with zero attached hydrogens (tertiary/aromatic N) is 2. The van der Waals surface area contributed by atoms with Gasteiger partial charge < -0.3 is 9.67 Å². The first-order valence-corrected chi connectivity index (χ1v) is 7.83. The topological polar surface area (TPSA) is 55.1 Å². The molecule has 0 bridgehead atoms. The molecule has 114 valence electrons. The zero-order chi connectivity index (χ0) is 15.4. The number of rotatable bonds is 7. The van der Waals surface area contributed by atoms with Gasteiger partial charge in [0.05, 0.1) is 16.6 Å². The molecule has 4 heteroatoms. The Kier molecular flexibility index (Phi) is 4.99. The highest BCUT2D eigenvalue weighted by Gasteiger charge is 2.20. The van der Waals surface area contributed by atoms with Crippen molar-refractivity contribution in [2.75, 3.05) is 0 Å². The van der Waals surface area contributed by atoms with E-state index >= 15 is 0 Å². The Bertz CT molecular complexity index is 631. The van der Waals surface area contributed by atoms with Crippen LogP contribution in [0.25, 0.3) is 11.0 Å². The highest BCUT2D eigenvalue weighted by atomic mass is 16.4. The second-order valence-electron chi connectivity index (χ2n) is 5.62. The first-order chi connectivity index (χ1) is 10.1. The number of unbranched alkanes of at least 4 members (excludes halogenated alkanes) is 1. The molecule has 0 fully saturated rings. The summed E-state index contributed by atoms with van der Waals surface area (Å²) in [6.45, 7) is 6.46. The molecule has 0 saturated carbocycles. The van der Waals surface area contributed by atoms with Crippen LogP contribution in [0, 0.1) is 0 Å².